The smallest absolute Gasteiger partial charge is 0.293 e. The van der Waals surface area contributed by atoms with Gasteiger partial charge in [0.15, 0.2) is 22.0 Å². The molecule has 1 aliphatic heterocycles. The number of para-hydroxylation sites is 1. The van der Waals surface area contributed by atoms with Crippen molar-refractivity contribution in [1.29, 1.82) is 0 Å². The van der Waals surface area contributed by atoms with Crippen LogP contribution in [0.15, 0.2) is 38.0 Å². The van der Waals surface area contributed by atoms with E-state index in [1.54, 1.807) is 6.07 Å². The third kappa shape index (κ3) is 3.24. The third-order valence-corrected chi connectivity index (χ3v) is 5.65. The van der Waals surface area contributed by atoms with Crippen molar-refractivity contribution >= 4 is 32.9 Å². The van der Waals surface area contributed by atoms with Gasteiger partial charge < -0.3 is 23.8 Å². The number of fused-ring (bicyclic) bond motifs is 2. The lowest BCUT2D eigenvalue weighted by Gasteiger charge is -2.32. The van der Waals surface area contributed by atoms with Crippen LogP contribution in [0.5, 0.6) is 0 Å². The second-order valence-electron chi connectivity index (χ2n) is 7.75. The first-order valence-electron chi connectivity index (χ1n) is 9.51. The van der Waals surface area contributed by atoms with Crippen molar-refractivity contribution < 1.29 is 23.1 Å². The van der Waals surface area contributed by atoms with Crippen LogP contribution in [0.4, 0.5) is 4.39 Å². The zero-order valence-corrected chi connectivity index (χ0v) is 18.1. The molecule has 160 valence electrons. The summed E-state index contributed by atoms with van der Waals surface area (Å²) in [5.74, 6) is -0.934. The van der Waals surface area contributed by atoms with E-state index in [4.69, 9.17) is 8.83 Å². The minimum absolute atomic E-state index is 0.000626. The Morgan fingerprint density at radius 2 is 2.16 bits per heavy atom. The summed E-state index contributed by atoms with van der Waals surface area (Å²) < 4.78 is 25.8. The molecule has 9 nitrogen and oxygen atoms in total. The Morgan fingerprint density at radius 3 is 2.87 bits per heavy atom. The van der Waals surface area contributed by atoms with Crippen molar-refractivity contribution in [3.05, 3.63) is 63.9 Å². The standard InChI is InChI=1S/C20H17BrFN5O4/c1-20(2,29)19-26-16(21)15(31-19)18(28)27-7-6-10-13(24-8-23-10)14(27)17-25-12-9(22)4-3-5-11(12)30-17/h3-5,8,14,29H,6-7H2,1-2H3,(H,23,24)/t14-/m0/s1. The number of benzene rings is 1. The fourth-order valence-electron chi connectivity index (χ4n) is 3.62. The number of nitrogens with one attached hydrogen (secondary N) is 1. The second-order valence-corrected chi connectivity index (χ2v) is 8.51. The number of nitrogens with zero attached hydrogens (tertiary/aromatic N) is 4. The van der Waals surface area contributed by atoms with E-state index in [1.165, 1.54) is 37.2 Å². The number of halogens is 2. The molecule has 1 aromatic carbocycles. The minimum atomic E-state index is -1.37. The maximum atomic E-state index is 14.2. The number of rotatable bonds is 3. The van der Waals surface area contributed by atoms with Crippen LogP contribution in [0.3, 0.4) is 0 Å². The summed E-state index contributed by atoms with van der Waals surface area (Å²) in [6.07, 6.45) is 2.06. The van der Waals surface area contributed by atoms with Crippen molar-refractivity contribution in [3.63, 3.8) is 0 Å². The summed E-state index contributed by atoms with van der Waals surface area (Å²) in [4.78, 5) is 30.8. The van der Waals surface area contributed by atoms with Crippen LogP contribution in [0.25, 0.3) is 11.1 Å². The summed E-state index contributed by atoms with van der Waals surface area (Å²) in [5.41, 5.74) is 0.388. The molecule has 0 fully saturated rings. The Bertz CT molecular complexity index is 1300. The maximum Gasteiger partial charge on any atom is 0.293 e. The Hall–Kier alpha value is -3.05. The van der Waals surface area contributed by atoms with Gasteiger partial charge >= 0.3 is 0 Å². The Balaban J connectivity index is 1.61. The second kappa shape index (κ2) is 6.99. The largest absolute Gasteiger partial charge is 0.438 e. The van der Waals surface area contributed by atoms with Gasteiger partial charge in [-0.05, 0) is 41.9 Å². The van der Waals surface area contributed by atoms with Gasteiger partial charge in [0.25, 0.3) is 5.91 Å². The van der Waals surface area contributed by atoms with Crippen LogP contribution in [0.1, 0.15) is 53.6 Å². The summed E-state index contributed by atoms with van der Waals surface area (Å²) in [5, 5.41) is 10.2. The van der Waals surface area contributed by atoms with E-state index < -0.39 is 23.4 Å². The zero-order chi connectivity index (χ0) is 21.9. The van der Waals surface area contributed by atoms with Crippen LogP contribution >= 0.6 is 15.9 Å². The van der Waals surface area contributed by atoms with Gasteiger partial charge in [-0.25, -0.2) is 19.3 Å². The Labute approximate surface area is 183 Å². The molecular weight excluding hydrogens is 473 g/mol. The number of aliphatic hydroxyl groups is 1. The number of aromatic nitrogens is 4. The molecule has 0 saturated carbocycles. The van der Waals surface area contributed by atoms with Gasteiger partial charge in [-0.15, -0.1) is 0 Å². The molecule has 1 atom stereocenters. The van der Waals surface area contributed by atoms with Gasteiger partial charge in [-0.2, -0.15) is 0 Å². The predicted molar refractivity (Wildman–Crippen MR) is 109 cm³/mol. The van der Waals surface area contributed by atoms with E-state index in [1.807, 2.05) is 0 Å². The first-order chi connectivity index (χ1) is 14.7. The topological polar surface area (TPSA) is 121 Å². The summed E-state index contributed by atoms with van der Waals surface area (Å²) in [7, 11) is 0. The fourth-order valence-corrected chi connectivity index (χ4v) is 4.03. The lowest BCUT2D eigenvalue weighted by Crippen LogP contribution is -2.41. The lowest BCUT2D eigenvalue weighted by atomic mass is 10.0. The highest BCUT2D eigenvalue weighted by molar-refractivity contribution is 9.10. The molecule has 0 radical (unpaired) electrons. The molecule has 1 amide bonds. The Kier molecular flexibility index (Phi) is 4.48. The van der Waals surface area contributed by atoms with E-state index >= 15 is 0 Å². The first kappa shape index (κ1) is 19.9. The molecule has 0 aliphatic carbocycles. The van der Waals surface area contributed by atoms with Crippen molar-refractivity contribution in [3.8, 4) is 0 Å². The van der Waals surface area contributed by atoms with E-state index in [0.29, 0.717) is 18.7 Å². The summed E-state index contributed by atoms with van der Waals surface area (Å²) in [6, 6.07) is 3.64. The highest BCUT2D eigenvalue weighted by atomic mass is 79.9. The molecular formula is C20H17BrFN5O4. The van der Waals surface area contributed by atoms with Gasteiger partial charge in [-0.1, -0.05) is 6.07 Å². The average Bonchev–Trinajstić information content (AvgIpc) is 3.44. The van der Waals surface area contributed by atoms with E-state index in [2.05, 4.69) is 35.9 Å². The van der Waals surface area contributed by atoms with E-state index in [0.717, 1.165) is 5.69 Å². The number of carbonyl (C=O) groups is 1. The van der Waals surface area contributed by atoms with Crippen molar-refractivity contribution in [2.24, 2.45) is 0 Å². The quantitative estimate of drug-likeness (QED) is 0.451. The molecule has 4 aromatic rings. The number of imidazole rings is 1. The van der Waals surface area contributed by atoms with Gasteiger partial charge in [0, 0.05) is 18.7 Å². The van der Waals surface area contributed by atoms with E-state index in [9.17, 15) is 14.3 Å². The van der Waals surface area contributed by atoms with Gasteiger partial charge in [0.05, 0.1) is 12.0 Å². The average molecular weight is 490 g/mol. The number of H-pyrrole nitrogens is 1. The predicted octanol–water partition coefficient (Wildman–Crippen LogP) is 3.46. The van der Waals surface area contributed by atoms with Crippen molar-refractivity contribution in [2.45, 2.75) is 31.9 Å². The number of carbonyl (C=O) groups excluding carboxylic acids is 1. The number of hydrogen-bond acceptors (Lipinski definition) is 7. The molecule has 1 aliphatic rings. The number of aromatic amines is 1. The normalized spacial score (nSPS) is 16.7. The van der Waals surface area contributed by atoms with Crippen LogP contribution in [-0.4, -0.2) is 42.4 Å². The molecule has 31 heavy (non-hydrogen) atoms. The molecule has 3 aromatic heterocycles. The fraction of sp³-hybridized carbons (Fsp3) is 0.300. The van der Waals surface area contributed by atoms with Crippen molar-refractivity contribution in [1.82, 2.24) is 24.8 Å². The van der Waals surface area contributed by atoms with Gasteiger partial charge in [0.2, 0.25) is 17.5 Å². The van der Waals surface area contributed by atoms with Crippen molar-refractivity contribution in [2.75, 3.05) is 6.54 Å². The van der Waals surface area contributed by atoms with Crippen LogP contribution in [0.2, 0.25) is 0 Å². The molecule has 0 unspecified atom stereocenters. The highest BCUT2D eigenvalue weighted by Gasteiger charge is 2.40. The SMILES string of the molecule is CC(C)(O)c1nc(Br)c(C(=O)N2CCc3[nH]cnc3[C@H]2c2nc3c(F)cccc3o2)o1. The Morgan fingerprint density at radius 1 is 1.35 bits per heavy atom. The lowest BCUT2D eigenvalue weighted by molar-refractivity contribution is 0.0436. The molecule has 2 N–H and O–H groups in total. The van der Waals surface area contributed by atoms with Gasteiger partial charge in [0.1, 0.15) is 11.1 Å². The van der Waals surface area contributed by atoms with Crippen LogP contribution in [0, 0.1) is 5.82 Å². The summed E-state index contributed by atoms with van der Waals surface area (Å²) >= 11 is 3.24. The maximum absolute atomic E-state index is 14.2. The summed E-state index contributed by atoms with van der Waals surface area (Å²) in [6.45, 7) is 3.32. The minimum Gasteiger partial charge on any atom is -0.438 e. The molecule has 0 spiro atoms. The molecule has 0 saturated heterocycles. The molecule has 11 heteroatoms. The number of oxazole rings is 2. The zero-order valence-electron chi connectivity index (χ0n) is 16.5. The highest BCUT2D eigenvalue weighted by Crippen LogP contribution is 2.37. The molecule has 5 rings (SSSR count). The number of amides is 1. The van der Waals surface area contributed by atoms with E-state index in [-0.39, 0.29) is 33.2 Å². The molecule has 4 heterocycles. The van der Waals surface area contributed by atoms with Gasteiger partial charge in [-0.3, -0.25) is 4.79 Å². The molecule has 0 bridgehead atoms. The monoisotopic (exact) mass is 489 g/mol. The third-order valence-electron chi connectivity index (χ3n) is 5.11. The van der Waals surface area contributed by atoms with Crippen LogP contribution < -0.4 is 0 Å². The van der Waals surface area contributed by atoms with Crippen LogP contribution in [-0.2, 0) is 12.0 Å². The first-order valence-corrected chi connectivity index (χ1v) is 10.3. The number of hydrogen-bond donors (Lipinski definition) is 2.